The quantitative estimate of drug-likeness (QED) is 0.701. The molecule has 1 N–H and O–H groups in total. The standard InChI is InChI=1S/C11H11NO2/c13-7-10-9(6-11(14)12-10)8-4-2-1-3-5-8/h1-5,7,9-10H,6H2,(H,12,14). The van der Waals surface area contributed by atoms with Crippen molar-refractivity contribution >= 4 is 12.2 Å². The Bertz CT molecular complexity index is 348. The molecule has 0 spiro atoms. The molecule has 0 saturated carbocycles. The van der Waals surface area contributed by atoms with Crippen molar-refractivity contribution in [2.24, 2.45) is 0 Å². The molecule has 14 heavy (non-hydrogen) atoms. The SMILES string of the molecule is O=CC1NC(=O)CC1c1ccccc1. The highest BCUT2D eigenvalue weighted by Crippen LogP contribution is 2.26. The second kappa shape index (κ2) is 3.62. The van der Waals surface area contributed by atoms with E-state index in [2.05, 4.69) is 5.32 Å². The molecule has 2 rings (SSSR count). The second-order valence-electron chi connectivity index (χ2n) is 3.45. The normalized spacial score (nSPS) is 25.9. The summed E-state index contributed by atoms with van der Waals surface area (Å²) in [5, 5.41) is 2.65. The van der Waals surface area contributed by atoms with E-state index in [1.807, 2.05) is 30.3 Å². The zero-order valence-electron chi connectivity index (χ0n) is 7.64. The highest BCUT2D eigenvalue weighted by Gasteiger charge is 2.32. The average Bonchev–Trinajstić information content (AvgIpc) is 2.61. The van der Waals surface area contributed by atoms with Gasteiger partial charge in [0.1, 0.15) is 6.29 Å². The fraction of sp³-hybridized carbons (Fsp3) is 0.273. The zero-order chi connectivity index (χ0) is 9.97. The smallest absolute Gasteiger partial charge is 0.221 e. The number of hydrogen-bond acceptors (Lipinski definition) is 2. The van der Waals surface area contributed by atoms with Crippen LogP contribution < -0.4 is 5.32 Å². The number of rotatable bonds is 2. The first-order chi connectivity index (χ1) is 6.81. The van der Waals surface area contributed by atoms with Gasteiger partial charge in [0.05, 0.1) is 6.04 Å². The molecule has 2 atom stereocenters. The van der Waals surface area contributed by atoms with Crippen LogP contribution in [0.5, 0.6) is 0 Å². The first kappa shape index (κ1) is 8.94. The minimum atomic E-state index is -0.357. The maximum absolute atomic E-state index is 11.1. The lowest BCUT2D eigenvalue weighted by atomic mass is 9.93. The highest BCUT2D eigenvalue weighted by atomic mass is 16.2. The Morgan fingerprint density at radius 3 is 2.64 bits per heavy atom. The third-order valence-electron chi connectivity index (χ3n) is 2.54. The first-order valence-corrected chi connectivity index (χ1v) is 4.61. The van der Waals surface area contributed by atoms with E-state index in [1.165, 1.54) is 0 Å². The molecule has 2 unspecified atom stereocenters. The van der Waals surface area contributed by atoms with Gasteiger partial charge in [-0.2, -0.15) is 0 Å². The van der Waals surface area contributed by atoms with Gasteiger partial charge in [0.15, 0.2) is 0 Å². The van der Waals surface area contributed by atoms with Crippen LogP contribution in [0.4, 0.5) is 0 Å². The third kappa shape index (κ3) is 1.53. The number of aldehydes is 1. The van der Waals surface area contributed by atoms with Crippen LogP contribution in [0.3, 0.4) is 0 Å². The monoisotopic (exact) mass is 189 g/mol. The van der Waals surface area contributed by atoms with Crippen LogP contribution in [-0.4, -0.2) is 18.2 Å². The van der Waals surface area contributed by atoms with Gasteiger partial charge < -0.3 is 10.1 Å². The van der Waals surface area contributed by atoms with Crippen molar-refractivity contribution in [3.63, 3.8) is 0 Å². The molecule has 72 valence electrons. The summed E-state index contributed by atoms with van der Waals surface area (Å²) in [7, 11) is 0. The molecule has 3 nitrogen and oxygen atoms in total. The van der Waals surface area contributed by atoms with Crippen molar-refractivity contribution in [3.05, 3.63) is 35.9 Å². The molecule has 1 aliphatic heterocycles. The topological polar surface area (TPSA) is 46.2 Å². The van der Waals surface area contributed by atoms with Crippen molar-refractivity contribution < 1.29 is 9.59 Å². The van der Waals surface area contributed by atoms with Crippen LogP contribution in [-0.2, 0) is 9.59 Å². The molecule has 0 radical (unpaired) electrons. The van der Waals surface area contributed by atoms with Crippen LogP contribution in [0.1, 0.15) is 17.9 Å². The maximum atomic E-state index is 11.1. The lowest BCUT2D eigenvalue weighted by Gasteiger charge is -2.12. The van der Waals surface area contributed by atoms with E-state index in [0.29, 0.717) is 6.42 Å². The van der Waals surface area contributed by atoms with Crippen LogP contribution in [0.25, 0.3) is 0 Å². The Kier molecular flexibility index (Phi) is 2.31. The molecule has 1 heterocycles. The minimum absolute atomic E-state index is 0.00111. The van der Waals surface area contributed by atoms with Crippen molar-refractivity contribution in [2.75, 3.05) is 0 Å². The summed E-state index contributed by atoms with van der Waals surface area (Å²) in [6.07, 6.45) is 1.22. The molecule has 0 bridgehead atoms. The van der Waals surface area contributed by atoms with Gasteiger partial charge in [0.2, 0.25) is 5.91 Å². The first-order valence-electron chi connectivity index (χ1n) is 4.61. The summed E-state index contributed by atoms with van der Waals surface area (Å²) < 4.78 is 0. The van der Waals surface area contributed by atoms with E-state index in [-0.39, 0.29) is 17.9 Å². The van der Waals surface area contributed by atoms with Gasteiger partial charge in [-0.3, -0.25) is 4.79 Å². The van der Waals surface area contributed by atoms with Crippen LogP contribution in [0, 0.1) is 0 Å². The summed E-state index contributed by atoms with van der Waals surface area (Å²) in [6.45, 7) is 0. The van der Waals surface area contributed by atoms with Crippen LogP contribution in [0.15, 0.2) is 30.3 Å². The maximum Gasteiger partial charge on any atom is 0.221 e. The van der Waals surface area contributed by atoms with Gasteiger partial charge in [0, 0.05) is 12.3 Å². The number of benzene rings is 1. The molecule has 1 aromatic carbocycles. The fourth-order valence-corrected chi connectivity index (χ4v) is 1.83. The molecule has 1 amide bonds. The molecule has 1 aliphatic rings. The average molecular weight is 189 g/mol. The molecule has 1 saturated heterocycles. The van der Waals surface area contributed by atoms with Gasteiger partial charge in [-0.25, -0.2) is 0 Å². The summed E-state index contributed by atoms with van der Waals surface area (Å²) in [6, 6.07) is 9.29. The van der Waals surface area contributed by atoms with E-state index in [1.54, 1.807) is 0 Å². The van der Waals surface area contributed by atoms with Gasteiger partial charge in [-0.15, -0.1) is 0 Å². The van der Waals surface area contributed by atoms with Crippen molar-refractivity contribution in [1.82, 2.24) is 5.32 Å². The number of nitrogens with one attached hydrogen (secondary N) is 1. The predicted octanol–water partition coefficient (Wildman–Crippen LogP) is 0.858. The number of carbonyl (C=O) groups excluding carboxylic acids is 2. The fourth-order valence-electron chi connectivity index (χ4n) is 1.83. The Morgan fingerprint density at radius 1 is 1.29 bits per heavy atom. The summed E-state index contributed by atoms with van der Waals surface area (Å²) in [4.78, 5) is 21.8. The highest BCUT2D eigenvalue weighted by molar-refractivity contribution is 5.85. The number of hydrogen-bond donors (Lipinski definition) is 1. The second-order valence-corrected chi connectivity index (χ2v) is 3.45. The zero-order valence-corrected chi connectivity index (χ0v) is 7.64. The van der Waals surface area contributed by atoms with Gasteiger partial charge in [-0.05, 0) is 5.56 Å². The van der Waals surface area contributed by atoms with Crippen molar-refractivity contribution in [3.8, 4) is 0 Å². The Labute approximate surface area is 82.1 Å². The predicted molar refractivity (Wildman–Crippen MR) is 51.8 cm³/mol. The van der Waals surface area contributed by atoms with E-state index >= 15 is 0 Å². The summed E-state index contributed by atoms with van der Waals surface area (Å²) in [5.41, 5.74) is 1.04. The number of amides is 1. The van der Waals surface area contributed by atoms with Crippen LogP contribution >= 0.6 is 0 Å². The van der Waals surface area contributed by atoms with E-state index in [4.69, 9.17) is 0 Å². The largest absolute Gasteiger partial charge is 0.346 e. The van der Waals surface area contributed by atoms with Crippen molar-refractivity contribution in [1.29, 1.82) is 0 Å². The van der Waals surface area contributed by atoms with Gasteiger partial charge >= 0.3 is 0 Å². The molecular weight excluding hydrogens is 178 g/mol. The van der Waals surface area contributed by atoms with Crippen molar-refractivity contribution in [2.45, 2.75) is 18.4 Å². The van der Waals surface area contributed by atoms with Gasteiger partial charge in [0.25, 0.3) is 0 Å². The Balaban J connectivity index is 2.26. The Morgan fingerprint density at radius 2 is 2.00 bits per heavy atom. The molecule has 1 aromatic rings. The Hall–Kier alpha value is -1.64. The molecular formula is C11H11NO2. The lowest BCUT2D eigenvalue weighted by Crippen LogP contribution is -2.29. The van der Waals surface area contributed by atoms with Crippen LogP contribution in [0.2, 0.25) is 0 Å². The van der Waals surface area contributed by atoms with Gasteiger partial charge in [-0.1, -0.05) is 30.3 Å². The van der Waals surface area contributed by atoms with E-state index in [0.717, 1.165) is 11.8 Å². The molecule has 0 aliphatic carbocycles. The minimum Gasteiger partial charge on any atom is -0.346 e. The van der Waals surface area contributed by atoms with E-state index in [9.17, 15) is 9.59 Å². The molecule has 3 heteroatoms. The lowest BCUT2D eigenvalue weighted by molar-refractivity contribution is -0.120. The third-order valence-corrected chi connectivity index (χ3v) is 2.54. The summed E-state index contributed by atoms with van der Waals surface area (Å²) >= 11 is 0. The molecule has 1 fully saturated rings. The van der Waals surface area contributed by atoms with E-state index < -0.39 is 0 Å². The number of carbonyl (C=O) groups is 2. The summed E-state index contributed by atoms with van der Waals surface area (Å²) in [5.74, 6) is -0.0443. The molecule has 0 aromatic heterocycles.